The third kappa shape index (κ3) is 4.82. The summed E-state index contributed by atoms with van der Waals surface area (Å²) in [6.07, 6.45) is 0.172. The molecule has 146 valence electrons. The fourth-order valence-electron chi connectivity index (χ4n) is 3.40. The summed E-state index contributed by atoms with van der Waals surface area (Å²) in [7, 11) is 0. The molecule has 1 unspecified atom stereocenters. The largest absolute Gasteiger partial charge is 1.00 e. The van der Waals surface area contributed by atoms with E-state index in [0.717, 1.165) is 16.7 Å². The van der Waals surface area contributed by atoms with Crippen LogP contribution in [0, 0.1) is 0 Å². The summed E-state index contributed by atoms with van der Waals surface area (Å²) in [5.74, 6) is -1.42. The number of hydrogen-bond donors (Lipinski definition) is 3. The van der Waals surface area contributed by atoms with Crippen molar-refractivity contribution >= 4 is 17.5 Å². The summed E-state index contributed by atoms with van der Waals surface area (Å²) in [4.78, 5) is 25.1. The average Bonchev–Trinajstić information content (AvgIpc) is 2.75. The van der Waals surface area contributed by atoms with Gasteiger partial charge in [0.2, 0.25) is 0 Å². The Bertz CT molecular complexity index is 1070. The van der Waals surface area contributed by atoms with Crippen molar-refractivity contribution in [2.24, 2.45) is 0 Å². The SMILES string of the molecule is O=C(Nc1ccc(-c2ccccc2)cc1)C1=C(O)CC(c2ccccc2)NC1=O.[H-].[Na+]. The number of nitrogens with one attached hydrogen (secondary N) is 2. The predicted molar refractivity (Wildman–Crippen MR) is 113 cm³/mol. The van der Waals surface area contributed by atoms with Crippen molar-refractivity contribution in [3.05, 3.63) is 102 Å². The molecule has 3 aromatic carbocycles. The molecule has 0 bridgehead atoms. The number of carbonyl (C=O) groups excluding carboxylic acids is 2. The standard InChI is InChI=1S/C24H20N2O3.Na.H/c27-21-15-20(18-9-5-2-6-10-18)26-24(29)22(21)23(28)25-19-13-11-17(12-14-19)16-7-3-1-4-8-16;;/h1-14,20,27H,15H2,(H,25,28)(H,26,29);;/q;+1;-1. The van der Waals surface area contributed by atoms with Gasteiger partial charge in [-0.15, -0.1) is 0 Å². The van der Waals surface area contributed by atoms with Gasteiger partial charge in [0.05, 0.1) is 6.04 Å². The Hall–Kier alpha value is -2.86. The van der Waals surface area contributed by atoms with Gasteiger partial charge in [-0.2, -0.15) is 0 Å². The van der Waals surface area contributed by atoms with Crippen molar-refractivity contribution in [1.82, 2.24) is 5.32 Å². The number of benzene rings is 3. The van der Waals surface area contributed by atoms with Gasteiger partial charge in [0.15, 0.2) is 0 Å². The van der Waals surface area contributed by atoms with Crippen LogP contribution in [0.25, 0.3) is 11.1 Å². The third-order valence-electron chi connectivity index (χ3n) is 4.90. The van der Waals surface area contributed by atoms with Crippen LogP contribution in [0.3, 0.4) is 0 Å². The van der Waals surface area contributed by atoms with Crippen LogP contribution in [-0.4, -0.2) is 16.9 Å². The van der Waals surface area contributed by atoms with Gasteiger partial charge < -0.3 is 17.2 Å². The zero-order chi connectivity index (χ0) is 20.2. The van der Waals surface area contributed by atoms with Crippen LogP contribution >= 0.6 is 0 Å². The minimum atomic E-state index is -0.626. The van der Waals surface area contributed by atoms with Crippen molar-refractivity contribution in [2.75, 3.05) is 5.32 Å². The topological polar surface area (TPSA) is 78.4 Å². The van der Waals surface area contributed by atoms with E-state index in [0.29, 0.717) is 5.69 Å². The monoisotopic (exact) mass is 408 g/mol. The molecule has 5 nitrogen and oxygen atoms in total. The summed E-state index contributed by atoms with van der Waals surface area (Å²) in [5, 5.41) is 15.9. The van der Waals surface area contributed by atoms with Crippen molar-refractivity contribution < 1.29 is 45.7 Å². The Morgan fingerprint density at radius 2 is 1.47 bits per heavy atom. The molecule has 0 radical (unpaired) electrons. The third-order valence-corrected chi connectivity index (χ3v) is 4.90. The van der Waals surface area contributed by atoms with Crippen molar-refractivity contribution in [2.45, 2.75) is 12.5 Å². The number of rotatable bonds is 4. The van der Waals surface area contributed by atoms with E-state index in [9.17, 15) is 14.7 Å². The Morgan fingerprint density at radius 1 is 0.900 bits per heavy atom. The molecule has 1 heterocycles. The number of amides is 2. The molecule has 1 aliphatic rings. The van der Waals surface area contributed by atoms with E-state index in [4.69, 9.17) is 0 Å². The molecule has 0 saturated heterocycles. The molecule has 0 saturated carbocycles. The van der Waals surface area contributed by atoms with Gasteiger partial charge in [0, 0.05) is 12.1 Å². The van der Waals surface area contributed by atoms with E-state index in [-0.39, 0.29) is 54.8 Å². The maximum atomic E-state index is 12.6. The fraction of sp³-hybridized carbons (Fsp3) is 0.0833. The number of aliphatic hydroxyl groups is 1. The number of carbonyl (C=O) groups is 2. The Morgan fingerprint density at radius 3 is 2.07 bits per heavy atom. The molecule has 3 aromatic rings. The van der Waals surface area contributed by atoms with Crippen molar-refractivity contribution in [1.29, 1.82) is 0 Å². The van der Waals surface area contributed by atoms with Crippen LogP contribution in [0.4, 0.5) is 5.69 Å². The second-order valence-corrected chi connectivity index (χ2v) is 6.86. The molecule has 0 fully saturated rings. The molecule has 6 heteroatoms. The number of hydrogen-bond acceptors (Lipinski definition) is 3. The second kappa shape index (κ2) is 9.76. The van der Waals surface area contributed by atoms with Crippen LogP contribution in [0.15, 0.2) is 96.3 Å². The van der Waals surface area contributed by atoms with E-state index in [2.05, 4.69) is 10.6 Å². The molecule has 30 heavy (non-hydrogen) atoms. The maximum Gasteiger partial charge on any atom is 1.00 e. The summed E-state index contributed by atoms with van der Waals surface area (Å²) < 4.78 is 0. The first-order valence-corrected chi connectivity index (χ1v) is 9.36. The quantitative estimate of drug-likeness (QED) is 0.452. The smallest absolute Gasteiger partial charge is 1.00 e. The number of anilines is 1. The first kappa shape index (κ1) is 21.8. The van der Waals surface area contributed by atoms with Gasteiger partial charge in [-0.05, 0) is 28.8 Å². The molecule has 0 spiro atoms. The van der Waals surface area contributed by atoms with E-state index >= 15 is 0 Å². The molecule has 1 aliphatic heterocycles. The molecule has 2 amide bonds. The molecular formula is C24H21N2NaO3. The minimum Gasteiger partial charge on any atom is -1.00 e. The summed E-state index contributed by atoms with van der Waals surface area (Å²) in [6.45, 7) is 0. The van der Waals surface area contributed by atoms with Crippen molar-refractivity contribution in [3.63, 3.8) is 0 Å². The van der Waals surface area contributed by atoms with Gasteiger partial charge in [0.25, 0.3) is 11.8 Å². The van der Waals surface area contributed by atoms with Crippen LogP contribution in [0.5, 0.6) is 0 Å². The molecule has 3 N–H and O–H groups in total. The zero-order valence-electron chi connectivity index (χ0n) is 17.6. The average molecular weight is 408 g/mol. The normalized spacial score (nSPS) is 15.7. The van der Waals surface area contributed by atoms with E-state index in [1.807, 2.05) is 72.8 Å². The van der Waals surface area contributed by atoms with Crippen LogP contribution < -0.4 is 40.2 Å². The van der Waals surface area contributed by atoms with Gasteiger partial charge >= 0.3 is 29.6 Å². The Kier molecular flexibility index (Phi) is 7.11. The zero-order valence-corrected chi connectivity index (χ0v) is 18.6. The molecule has 0 aromatic heterocycles. The van der Waals surface area contributed by atoms with Gasteiger partial charge in [-0.3, -0.25) is 9.59 Å². The first-order valence-electron chi connectivity index (χ1n) is 9.36. The second-order valence-electron chi connectivity index (χ2n) is 6.86. The summed E-state index contributed by atoms with van der Waals surface area (Å²) >= 11 is 0. The molecule has 1 atom stereocenters. The van der Waals surface area contributed by atoms with Gasteiger partial charge in [-0.25, -0.2) is 0 Å². The number of aliphatic hydroxyl groups excluding tert-OH is 1. The van der Waals surface area contributed by atoms with Crippen LogP contribution in [-0.2, 0) is 9.59 Å². The fourth-order valence-corrected chi connectivity index (χ4v) is 3.40. The van der Waals surface area contributed by atoms with Crippen molar-refractivity contribution in [3.8, 4) is 11.1 Å². The van der Waals surface area contributed by atoms with Gasteiger partial charge in [0.1, 0.15) is 11.3 Å². The molecule has 0 aliphatic carbocycles. The molecule has 4 rings (SSSR count). The Labute approximate surface area is 198 Å². The molecular weight excluding hydrogens is 387 g/mol. The van der Waals surface area contributed by atoms with E-state index < -0.39 is 11.8 Å². The van der Waals surface area contributed by atoms with E-state index in [1.165, 1.54) is 0 Å². The minimum absolute atomic E-state index is 0. The Balaban J connectivity index is 0.00000171. The van der Waals surface area contributed by atoms with Gasteiger partial charge in [-0.1, -0.05) is 72.8 Å². The predicted octanol–water partition coefficient (Wildman–Crippen LogP) is 1.48. The maximum absolute atomic E-state index is 12.6. The summed E-state index contributed by atoms with van der Waals surface area (Å²) in [6, 6.07) is 26.2. The first-order chi connectivity index (χ1) is 14.1. The van der Waals surface area contributed by atoms with Crippen LogP contribution in [0.2, 0.25) is 0 Å². The summed E-state index contributed by atoms with van der Waals surface area (Å²) in [5.41, 5.74) is 3.27. The van der Waals surface area contributed by atoms with Crippen LogP contribution in [0.1, 0.15) is 19.5 Å². The van der Waals surface area contributed by atoms with E-state index in [1.54, 1.807) is 12.1 Å².